The molecule has 110 valence electrons. The molecule has 0 fully saturated rings. The van der Waals surface area contributed by atoms with Crippen LogP contribution in [0.4, 0.5) is 0 Å². The highest BCUT2D eigenvalue weighted by molar-refractivity contribution is 8.00. The maximum Gasteiger partial charge on any atom is 0.327 e. The third-order valence-electron chi connectivity index (χ3n) is 2.24. The van der Waals surface area contributed by atoms with Gasteiger partial charge in [-0.1, -0.05) is 12.1 Å². The molecule has 0 aromatic heterocycles. The largest absolute Gasteiger partial charge is 0.480 e. The summed E-state index contributed by atoms with van der Waals surface area (Å²) in [4.78, 5) is 22.1. The summed E-state index contributed by atoms with van der Waals surface area (Å²) in [5.41, 5.74) is 0. The molecule has 4 N–H and O–H groups in total. The van der Waals surface area contributed by atoms with Crippen molar-refractivity contribution in [2.45, 2.75) is 22.8 Å². The van der Waals surface area contributed by atoms with Gasteiger partial charge in [-0.25, -0.2) is 18.4 Å². The fourth-order valence-corrected chi connectivity index (χ4v) is 3.50. The molecule has 1 atom stereocenters. The fourth-order valence-electron chi connectivity index (χ4n) is 1.40. The quantitative estimate of drug-likeness (QED) is 0.634. The van der Waals surface area contributed by atoms with Crippen molar-refractivity contribution in [1.82, 2.24) is 5.32 Å². The number of hydrogen-bond donors (Lipinski definition) is 3. The number of carbonyl (C=O) groups excluding carboxylic acids is 1. The van der Waals surface area contributed by atoms with E-state index in [1.54, 1.807) is 6.07 Å². The summed E-state index contributed by atoms with van der Waals surface area (Å²) < 4.78 is 22.8. The normalized spacial score (nSPS) is 12.7. The van der Waals surface area contributed by atoms with Crippen LogP contribution in [0, 0.1) is 0 Å². The summed E-state index contributed by atoms with van der Waals surface area (Å²) in [6.45, 7) is 1.21. The summed E-state index contributed by atoms with van der Waals surface area (Å²) >= 11 is 0.998. The van der Waals surface area contributed by atoms with Gasteiger partial charge < -0.3 is 10.4 Å². The monoisotopic (exact) mass is 318 g/mol. The molecule has 7 nitrogen and oxygen atoms in total. The number of primary sulfonamides is 1. The molecule has 1 rings (SSSR count). The predicted octanol–water partition coefficient (Wildman–Crippen LogP) is 0.0154. The smallest absolute Gasteiger partial charge is 0.327 e. The van der Waals surface area contributed by atoms with Gasteiger partial charge in [0, 0.05) is 17.6 Å². The van der Waals surface area contributed by atoms with Crippen LogP contribution in [0.3, 0.4) is 0 Å². The number of nitrogens with two attached hydrogens (primary N) is 1. The van der Waals surface area contributed by atoms with E-state index in [1.165, 1.54) is 25.1 Å². The van der Waals surface area contributed by atoms with Crippen LogP contribution in [0.1, 0.15) is 6.92 Å². The van der Waals surface area contributed by atoms with Crippen LogP contribution < -0.4 is 10.5 Å². The Labute approximate surface area is 120 Å². The summed E-state index contributed by atoms with van der Waals surface area (Å²) in [5, 5.41) is 16.3. The van der Waals surface area contributed by atoms with Gasteiger partial charge in [0.15, 0.2) is 0 Å². The minimum absolute atomic E-state index is 0.0125. The molecule has 20 heavy (non-hydrogen) atoms. The first-order chi connectivity index (χ1) is 9.21. The number of carboxylic acids is 1. The molecule has 0 bridgehead atoms. The van der Waals surface area contributed by atoms with Crippen molar-refractivity contribution >= 4 is 33.7 Å². The number of carboxylic acid groups (broad SMARTS) is 1. The summed E-state index contributed by atoms with van der Waals surface area (Å²) in [7, 11) is -3.88. The average molecular weight is 318 g/mol. The Balaban J connectivity index is 2.89. The Morgan fingerprint density at radius 3 is 2.50 bits per heavy atom. The second-order valence-corrected chi connectivity index (χ2v) is 6.49. The third-order valence-corrected chi connectivity index (χ3v) is 4.50. The number of hydrogen-bond acceptors (Lipinski definition) is 5. The van der Waals surface area contributed by atoms with Gasteiger partial charge in [-0.3, -0.25) is 4.79 Å². The number of aliphatic carboxylic acids is 1. The SMILES string of the molecule is CC(=O)N[C@@H](CSc1ccccc1S(N)(=O)=O)C(=O)O. The lowest BCUT2D eigenvalue weighted by molar-refractivity contribution is -0.140. The van der Waals surface area contributed by atoms with Gasteiger partial charge in [-0.2, -0.15) is 0 Å². The molecule has 0 spiro atoms. The van der Waals surface area contributed by atoms with E-state index in [9.17, 15) is 18.0 Å². The Morgan fingerprint density at radius 2 is 2.00 bits per heavy atom. The molecule has 0 aliphatic carbocycles. The molecule has 0 saturated carbocycles. The number of rotatable bonds is 6. The highest BCUT2D eigenvalue weighted by Crippen LogP contribution is 2.26. The van der Waals surface area contributed by atoms with Crippen molar-refractivity contribution in [3.63, 3.8) is 0 Å². The van der Waals surface area contributed by atoms with Crippen molar-refractivity contribution in [2.75, 3.05) is 5.75 Å². The highest BCUT2D eigenvalue weighted by atomic mass is 32.2. The maximum atomic E-state index is 11.4. The summed E-state index contributed by atoms with van der Waals surface area (Å²) in [6, 6.07) is 4.89. The van der Waals surface area contributed by atoms with Crippen LogP contribution in [-0.2, 0) is 19.6 Å². The van der Waals surface area contributed by atoms with Gasteiger partial charge >= 0.3 is 5.97 Å². The molecule has 0 aliphatic rings. The maximum absolute atomic E-state index is 11.4. The van der Waals surface area contributed by atoms with Crippen LogP contribution in [0.25, 0.3) is 0 Å². The Bertz CT molecular complexity index is 615. The Hall–Kier alpha value is -1.58. The Kier molecular flexibility index (Phi) is 5.54. The average Bonchev–Trinajstić information content (AvgIpc) is 2.33. The summed E-state index contributed by atoms with van der Waals surface area (Å²) in [5.74, 6) is -1.68. The van der Waals surface area contributed by atoms with E-state index in [2.05, 4.69) is 5.32 Å². The van der Waals surface area contributed by atoms with E-state index in [1.807, 2.05) is 0 Å². The lowest BCUT2D eigenvalue weighted by atomic mass is 10.3. The zero-order valence-electron chi connectivity index (χ0n) is 10.6. The number of benzene rings is 1. The van der Waals surface area contributed by atoms with Gasteiger partial charge in [0.05, 0.1) is 4.90 Å². The number of amides is 1. The standard InChI is InChI=1S/C11H14N2O5S2/c1-7(14)13-8(11(15)16)6-19-9-4-2-3-5-10(9)20(12,17)18/h2-5,8H,6H2,1H3,(H,13,14)(H,15,16)(H2,12,17,18)/t8-/m0/s1. The molecule has 0 radical (unpaired) electrons. The first-order valence-electron chi connectivity index (χ1n) is 5.46. The molecule has 1 amide bonds. The molecular formula is C11H14N2O5S2. The molecular weight excluding hydrogens is 304 g/mol. The van der Waals surface area contributed by atoms with E-state index in [-0.39, 0.29) is 10.6 Å². The Morgan fingerprint density at radius 1 is 1.40 bits per heavy atom. The van der Waals surface area contributed by atoms with Crippen molar-refractivity contribution in [1.29, 1.82) is 0 Å². The van der Waals surface area contributed by atoms with Gasteiger partial charge in [-0.05, 0) is 12.1 Å². The molecule has 0 heterocycles. The predicted molar refractivity (Wildman–Crippen MR) is 73.8 cm³/mol. The zero-order valence-corrected chi connectivity index (χ0v) is 12.2. The minimum atomic E-state index is -3.88. The molecule has 0 unspecified atom stereocenters. The van der Waals surface area contributed by atoms with Gasteiger partial charge in [0.25, 0.3) is 0 Å². The number of sulfonamides is 1. The second kappa shape index (κ2) is 6.73. The number of thioether (sulfide) groups is 1. The minimum Gasteiger partial charge on any atom is -0.480 e. The van der Waals surface area contributed by atoms with Gasteiger partial charge in [-0.15, -0.1) is 11.8 Å². The third kappa shape index (κ3) is 4.83. The lowest BCUT2D eigenvalue weighted by Gasteiger charge is -2.13. The first kappa shape index (κ1) is 16.5. The lowest BCUT2D eigenvalue weighted by Crippen LogP contribution is -2.41. The molecule has 9 heteroatoms. The molecule has 0 aliphatic heterocycles. The van der Waals surface area contributed by atoms with E-state index >= 15 is 0 Å². The zero-order chi connectivity index (χ0) is 15.3. The highest BCUT2D eigenvalue weighted by Gasteiger charge is 2.20. The van der Waals surface area contributed by atoms with Crippen LogP contribution in [-0.4, -0.2) is 37.2 Å². The summed E-state index contributed by atoms with van der Waals surface area (Å²) in [6.07, 6.45) is 0. The molecule has 0 saturated heterocycles. The number of carbonyl (C=O) groups is 2. The van der Waals surface area contributed by atoms with Crippen LogP contribution >= 0.6 is 11.8 Å². The van der Waals surface area contributed by atoms with Crippen LogP contribution in [0.5, 0.6) is 0 Å². The van der Waals surface area contributed by atoms with Crippen molar-refractivity contribution in [3.05, 3.63) is 24.3 Å². The van der Waals surface area contributed by atoms with Crippen LogP contribution in [0.15, 0.2) is 34.1 Å². The van der Waals surface area contributed by atoms with E-state index in [4.69, 9.17) is 10.2 Å². The number of nitrogens with one attached hydrogen (secondary N) is 1. The van der Waals surface area contributed by atoms with Crippen molar-refractivity contribution in [3.8, 4) is 0 Å². The van der Waals surface area contributed by atoms with E-state index in [0.29, 0.717) is 4.90 Å². The van der Waals surface area contributed by atoms with Crippen LogP contribution in [0.2, 0.25) is 0 Å². The van der Waals surface area contributed by atoms with Gasteiger partial charge in [0.1, 0.15) is 6.04 Å². The molecule has 1 aromatic carbocycles. The molecule has 1 aromatic rings. The second-order valence-electron chi connectivity index (χ2n) is 3.89. The van der Waals surface area contributed by atoms with E-state index in [0.717, 1.165) is 11.8 Å². The first-order valence-corrected chi connectivity index (χ1v) is 7.99. The van der Waals surface area contributed by atoms with E-state index < -0.39 is 27.9 Å². The fraction of sp³-hybridized carbons (Fsp3) is 0.273. The van der Waals surface area contributed by atoms with Crippen molar-refractivity contribution in [2.24, 2.45) is 5.14 Å². The topological polar surface area (TPSA) is 127 Å². The van der Waals surface area contributed by atoms with Crippen molar-refractivity contribution < 1.29 is 23.1 Å². The van der Waals surface area contributed by atoms with Gasteiger partial charge in [0.2, 0.25) is 15.9 Å².